The zero-order valence-corrected chi connectivity index (χ0v) is 18.9. The Morgan fingerprint density at radius 2 is 1.85 bits per heavy atom. The van der Waals surface area contributed by atoms with Crippen LogP contribution in [0.1, 0.15) is 21.6 Å². The van der Waals surface area contributed by atoms with Crippen molar-refractivity contribution in [2.45, 2.75) is 13.5 Å². The van der Waals surface area contributed by atoms with Crippen molar-refractivity contribution in [1.82, 2.24) is 29.1 Å². The van der Waals surface area contributed by atoms with Crippen molar-refractivity contribution in [3.63, 3.8) is 0 Å². The second-order valence-corrected chi connectivity index (χ2v) is 8.00. The van der Waals surface area contributed by atoms with Gasteiger partial charge in [0.1, 0.15) is 11.3 Å². The lowest BCUT2D eigenvalue weighted by Crippen LogP contribution is -2.17. The molecule has 3 heterocycles. The van der Waals surface area contributed by atoms with Gasteiger partial charge in [-0.2, -0.15) is 0 Å². The lowest BCUT2D eigenvalue weighted by molar-refractivity contribution is 0.0601. The number of nitrogens with zero attached hydrogens (tertiary/aromatic N) is 5. The van der Waals surface area contributed by atoms with Crippen molar-refractivity contribution in [3.05, 3.63) is 88.2 Å². The van der Waals surface area contributed by atoms with Gasteiger partial charge in [0.15, 0.2) is 11.5 Å². The van der Waals surface area contributed by atoms with Crippen molar-refractivity contribution in [2.24, 2.45) is 7.05 Å². The molecule has 34 heavy (non-hydrogen) atoms. The summed E-state index contributed by atoms with van der Waals surface area (Å²) in [6, 6.07) is 14.9. The molecule has 0 aliphatic heterocycles. The Labute approximate surface area is 194 Å². The van der Waals surface area contributed by atoms with Crippen LogP contribution in [0.2, 0.25) is 0 Å². The number of nitrogens with one attached hydrogen (secondary N) is 1. The quantitative estimate of drug-likeness (QED) is 0.408. The minimum atomic E-state index is -0.478. The second-order valence-electron chi connectivity index (χ2n) is 8.00. The Kier molecular flexibility index (Phi) is 5.29. The average molecular weight is 454 g/mol. The molecule has 1 N–H and O–H groups in total. The van der Waals surface area contributed by atoms with Crippen LogP contribution in [0.5, 0.6) is 0 Å². The third-order valence-corrected chi connectivity index (χ3v) is 5.63. The first-order chi connectivity index (χ1) is 16.4. The van der Waals surface area contributed by atoms with Crippen LogP contribution in [-0.2, 0) is 18.3 Å². The predicted molar refractivity (Wildman–Crippen MR) is 127 cm³/mol. The minimum absolute atomic E-state index is 0.286. The molecule has 0 amide bonds. The van der Waals surface area contributed by atoms with Gasteiger partial charge >= 0.3 is 11.7 Å². The van der Waals surface area contributed by atoms with Crippen molar-refractivity contribution in [2.75, 3.05) is 7.11 Å². The van der Waals surface area contributed by atoms with E-state index in [1.165, 1.54) is 7.11 Å². The number of carbonyl (C=O) groups is 1. The SMILES string of the molecule is COC(=O)c1ccccc1-c1ncc2[nH]c(=O)n(Cc3ccc(-c4nc(C)cn4C)cc3)c2n1. The second kappa shape index (κ2) is 8.43. The molecule has 3 aromatic heterocycles. The summed E-state index contributed by atoms with van der Waals surface area (Å²) in [7, 11) is 3.29. The monoisotopic (exact) mass is 454 g/mol. The largest absolute Gasteiger partial charge is 0.465 e. The fraction of sp³-hybridized carbons (Fsp3) is 0.160. The standard InChI is InChI=1S/C25H22N6O3/c1-15-13-30(2)22(27-15)17-10-8-16(9-11-17)14-31-23-20(28-25(31)33)12-26-21(29-23)18-6-4-5-7-19(18)24(32)34-3/h4-13H,14H2,1-3H3,(H,28,33). The van der Waals surface area contributed by atoms with E-state index in [1.807, 2.05) is 49.0 Å². The van der Waals surface area contributed by atoms with E-state index in [-0.39, 0.29) is 5.69 Å². The fourth-order valence-corrected chi connectivity index (χ4v) is 4.01. The molecule has 0 saturated carbocycles. The summed E-state index contributed by atoms with van der Waals surface area (Å²) in [6.07, 6.45) is 3.53. The zero-order valence-electron chi connectivity index (χ0n) is 18.9. The van der Waals surface area contributed by atoms with Gasteiger partial charge in [-0.1, -0.05) is 42.5 Å². The molecule has 0 radical (unpaired) electrons. The van der Waals surface area contributed by atoms with Gasteiger partial charge in [0.05, 0.1) is 31.1 Å². The van der Waals surface area contributed by atoms with E-state index in [2.05, 4.69) is 19.9 Å². The summed E-state index contributed by atoms with van der Waals surface area (Å²) < 4.78 is 8.42. The van der Waals surface area contributed by atoms with Gasteiger partial charge in [-0.15, -0.1) is 0 Å². The van der Waals surface area contributed by atoms with E-state index in [9.17, 15) is 9.59 Å². The van der Waals surface area contributed by atoms with Crippen LogP contribution in [0.15, 0.2) is 65.7 Å². The van der Waals surface area contributed by atoms with Crippen molar-refractivity contribution in [3.8, 4) is 22.8 Å². The number of rotatable bonds is 5. The molecule has 2 aromatic carbocycles. The molecule has 0 spiro atoms. The smallest absolute Gasteiger partial charge is 0.338 e. The molecule has 0 atom stereocenters. The number of hydrogen-bond acceptors (Lipinski definition) is 6. The van der Waals surface area contributed by atoms with Crippen molar-refractivity contribution < 1.29 is 9.53 Å². The third-order valence-electron chi connectivity index (χ3n) is 5.63. The van der Waals surface area contributed by atoms with Gasteiger partial charge in [0.25, 0.3) is 0 Å². The maximum Gasteiger partial charge on any atom is 0.338 e. The lowest BCUT2D eigenvalue weighted by atomic mass is 10.1. The number of hydrogen-bond donors (Lipinski definition) is 1. The highest BCUT2D eigenvalue weighted by atomic mass is 16.5. The number of aromatic nitrogens is 6. The van der Waals surface area contributed by atoms with Crippen LogP contribution in [0.25, 0.3) is 33.9 Å². The van der Waals surface area contributed by atoms with Crippen molar-refractivity contribution in [1.29, 1.82) is 0 Å². The maximum atomic E-state index is 12.7. The molecule has 0 saturated heterocycles. The highest BCUT2D eigenvalue weighted by Gasteiger charge is 2.17. The van der Waals surface area contributed by atoms with Crippen LogP contribution >= 0.6 is 0 Å². The van der Waals surface area contributed by atoms with E-state index in [1.54, 1.807) is 35.0 Å². The van der Waals surface area contributed by atoms with Gasteiger partial charge in [-0.05, 0) is 18.6 Å². The predicted octanol–water partition coefficient (Wildman–Crippen LogP) is 3.33. The van der Waals surface area contributed by atoms with Crippen LogP contribution in [0, 0.1) is 6.92 Å². The molecule has 0 aliphatic carbocycles. The summed E-state index contributed by atoms with van der Waals surface area (Å²) in [6.45, 7) is 2.29. The molecule has 170 valence electrons. The summed E-state index contributed by atoms with van der Waals surface area (Å²) >= 11 is 0. The number of methoxy groups -OCH3 is 1. The number of H-pyrrole nitrogens is 1. The number of imidazole rings is 2. The first-order valence-corrected chi connectivity index (χ1v) is 10.7. The Balaban J connectivity index is 1.51. The Hall–Kier alpha value is -4.53. The molecular weight excluding hydrogens is 432 g/mol. The number of aryl methyl sites for hydroxylation is 2. The highest BCUT2D eigenvalue weighted by molar-refractivity contribution is 5.96. The summed E-state index contributed by atoms with van der Waals surface area (Å²) in [5.74, 6) is 0.741. The Morgan fingerprint density at radius 3 is 2.56 bits per heavy atom. The zero-order chi connectivity index (χ0) is 23.8. The van der Waals surface area contributed by atoms with Gasteiger partial charge in [-0.3, -0.25) is 4.57 Å². The number of esters is 1. The van der Waals surface area contributed by atoms with Gasteiger partial charge in [0, 0.05) is 24.4 Å². The molecule has 0 fully saturated rings. The minimum Gasteiger partial charge on any atom is -0.465 e. The van der Waals surface area contributed by atoms with Crippen LogP contribution in [-0.4, -0.2) is 42.1 Å². The molecule has 9 heteroatoms. The number of benzene rings is 2. The van der Waals surface area contributed by atoms with Gasteiger partial charge < -0.3 is 14.3 Å². The van der Waals surface area contributed by atoms with E-state index >= 15 is 0 Å². The van der Waals surface area contributed by atoms with Gasteiger partial charge in [0.2, 0.25) is 0 Å². The van der Waals surface area contributed by atoms with Crippen LogP contribution < -0.4 is 5.69 Å². The summed E-state index contributed by atoms with van der Waals surface area (Å²) in [5, 5.41) is 0. The van der Waals surface area contributed by atoms with Crippen molar-refractivity contribution >= 4 is 17.1 Å². The van der Waals surface area contributed by atoms with Gasteiger partial charge in [-0.25, -0.2) is 24.5 Å². The fourth-order valence-electron chi connectivity index (χ4n) is 4.01. The summed E-state index contributed by atoms with van der Waals surface area (Å²) in [4.78, 5) is 41.2. The molecule has 5 aromatic rings. The third kappa shape index (κ3) is 3.77. The van der Waals surface area contributed by atoms with E-state index < -0.39 is 5.97 Å². The molecule has 0 bridgehead atoms. The number of carbonyl (C=O) groups excluding carboxylic acids is 1. The number of fused-ring (bicyclic) bond motifs is 1. The average Bonchev–Trinajstić information content (AvgIpc) is 3.36. The maximum absolute atomic E-state index is 12.7. The first-order valence-electron chi connectivity index (χ1n) is 10.7. The molecule has 0 unspecified atom stereocenters. The Bertz CT molecular complexity index is 1580. The molecule has 9 nitrogen and oxygen atoms in total. The Morgan fingerprint density at radius 1 is 1.09 bits per heavy atom. The molecular formula is C25H22N6O3. The van der Waals surface area contributed by atoms with E-state index in [0.717, 1.165) is 22.6 Å². The van der Waals surface area contributed by atoms with E-state index in [4.69, 9.17) is 4.74 Å². The molecule has 5 rings (SSSR count). The normalized spacial score (nSPS) is 11.1. The first kappa shape index (κ1) is 21.3. The number of ether oxygens (including phenoxy) is 1. The number of aromatic amines is 1. The molecule has 0 aliphatic rings. The van der Waals surface area contributed by atoms with Crippen LogP contribution in [0.4, 0.5) is 0 Å². The highest BCUT2D eigenvalue weighted by Crippen LogP contribution is 2.23. The summed E-state index contributed by atoms with van der Waals surface area (Å²) in [5.41, 5.74) is 4.47. The topological polar surface area (TPSA) is 108 Å². The lowest BCUT2D eigenvalue weighted by Gasteiger charge is -2.08. The van der Waals surface area contributed by atoms with Crippen LogP contribution in [0.3, 0.4) is 0 Å². The van der Waals surface area contributed by atoms with E-state index in [0.29, 0.717) is 34.7 Å².